The van der Waals surface area contributed by atoms with Gasteiger partial charge in [-0.25, -0.2) is 4.63 Å². The molecule has 0 spiro atoms. The van der Waals surface area contributed by atoms with Crippen LogP contribution in [0.2, 0.25) is 0 Å². The third-order valence-corrected chi connectivity index (χ3v) is 3.50. The molecule has 1 aliphatic heterocycles. The second kappa shape index (κ2) is 4.89. The molecule has 0 radical (unpaired) electrons. The van der Waals surface area contributed by atoms with Crippen molar-refractivity contribution in [1.82, 2.24) is 10.3 Å². The van der Waals surface area contributed by atoms with Gasteiger partial charge in [0.25, 0.3) is 5.91 Å². The minimum atomic E-state index is -0.905. The minimum absolute atomic E-state index is 0.0708. The predicted molar refractivity (Wildman–Crippen MR) is 71.8 cm³/mol. The number of carboxylic acid groups (broad SMARTS) is 1. The van der Waals surface area contributed by atoms with E-state index < -0.39 is 17.8 Å². The lowest BCUT2D eigenvalue weighted by Crippen LogP contribution is -2.38. The molecular weight excluding hydrogens is 276 g/mol. The van der Waals surface area contributed by atoms with Gasteiger partial charge in [-0.05, 0) is 28.4 Å². The topological polar surface area (TPSA) is 123 Å². The lowest BCUT2D eigenvalue weighted by molar-refractivity contribution is -0.139. The number of hydrogen-bond acceptors (Lipinski definition) is 6. The van der Waals surface area contributed by atoms with E-state index in [0.29, 0.717) is 17.7 Å². The van der Waals surface area contributed by atoms with Crippen LogP contribution in [0, 0.1) is 0 Å². The average Bonchev–Trinajstić information content (AvgIpc) is 2.91. The first-order valence-electron chi connectivity index (χ1n) is 6.31. The van der Waals surface area contributed by atoms with Crippen LogP contribution in [-0.4, -0.2) is 33.8 Å². The molecule has 1 amide bonds. The lowest BCUT2D eigenvalue weighted by atomic mass is 9.90. The summed E-state index contributed by atoms with van der Waals surface area (Å²) in [5.41, 5.74) is 6.61. The molecule has 8 nitrogen and oxygen atoms in total. The molecule has 1 unspecified atom stereocenters. The van der Waals surface area contributed by atoms with Crippen molar-refractivity contribution in [2.45, 2.75) is 12.3 Å². The summed E-state index contributed by atoms with van der Waals surface area (Å²) in [6.07, 6.45) is 0.323. The highest BCUT2D eigenvalue weighted by molar-refractivity contribution is 6.08. The zero-order chi connectivity index (χ0) is 15.0. The van der Waals surface area contributed by atoms with Gasteiger partial charge in [-0.15, -0.1) is 0 Å². The Morgan fingerprint density at radius 1 is 1.33 bits per heavy atom. The highest BCUT2D eigenvalue weighted by Gasteiger charge is 2.34. The van der Waals surface area contributed by atoms with Crippen LogP contribution in [0.15, 0.2) is 28.9 Å². The molecule has 0 aliphatic carbocycles. The highest BCUT2D eigenvalue weighted by Crippen LogP contribution is 2.36. The average molecular weight is 288 g/mol. The summed E-state index contributed by atoms with van der Waals surface area (Å²) < 4.78 is 4.44. The minimum Gasteiger partial charge on any atom is -0.481 e. The number of benzene rings is 1. The quantitative estimate of drug-likeness (QED) is 0.840. The van der Waals surface area contributed by atoms with Gasteiger partial charge in [0.2, 0.25) is 11.5 Å². The van der Waals surface area contributed by atoms with Crippen molar-refractivity contribution in [3.8, 4) is 0 Å². The molecule has 108 valence electrons. The van der Waals surface area contributed by atoms with Crippen molar-refractivity contribution in [3.63, 3.8) is 0 Å². The third-order valence-electron chi connectivity index (χ3n) is 3.50. The summed E-state index contributed by atoms with van der Waals surface area (Å²) in [5, 5.41) is 16.2. The zero-order valence-corrected chi connectivity index (χ0v) is 10.9. The van der Waals surface area contributed by atoms with Gasteiger partial charge >= 0.3 is 5.97 Å². The van der Waals surface area contributed by atoms with Crippen LogP contribution < -0.4 is 10.6 Å². The smallest absolute Gasteiger partial charge is 0.311 e. The molecule has 2 heterocycles. The Kier molecular flexibility index (Phi) is 3.05. The number of carboxylic acids is 1. The van der Waals surface area contributed by atoms with Crippen LogP contribution in [0.25, 0.3) is 0 Å². The van der Waals surface area contributed by atoms with Crippen molar-refractivity contribution in [2.24, 2.45) is 0 Å². The van der Waals surface area contributed by atoms with Gasteiger partial charge in [-0.3, -0.25) is 9.59 Å². The van der Waals surface area contributed by atoms with E-state index in [1.807, 2.05) is 0 Å². The summed E-state index contributed by atoms with van der Waals surface area (Å²) in [7, 11) is 0. The number of nitrogens with two attached hydrogens (primary N) is 1. The fourth-order valence-corrected chi connectivity index (χ4v) is 2.50. The van der Waals surface area contributed by atoms with Crippen molar-refractivity contribution in [2.75, 3.05) is 17.2 Å². The molecule has 1 aromatic carbocycles. The van der Waals surface area contributed by atoms with Gasteiger partial charge in [0.1, 0.15) is 0 Å². The van der Waals surface area contributed by atoms with Crippen LogP contribution in [0.5, 0.6) is 0 Å². The first-order valence-corrected chi connectivity index (χ1v) is 6.31. The number of aliphatic carboxylic acids is 1. The van der Waals surface area contributed by atoms with E-state index in [9.17, 15) is 14.7 Å². The van der Waals surface area contributed by atoms with E-state index in [4.69, 9.17) is 5.73 Å². The summed E-state index contributed by atoms with van der Waals surface area (Å²) in [4.78, 5) is 25.2. The Morgan fingerprint density at radius 2 is 2.10 bits per heavy atom. The number of nitrogen functional groups attached to an aromatic ring is 1. The first-order chi connectivity index (χ1) is 10.1. The highest BCUT2D eigenvalue weighted by atomic mass is 16.6. The molecule has 8 heteroatoms. The number of amides is 1. The van der Waals surface area contributed by atoms with Gasteiger partial charge in [0.05, 0.1) is 5.92 Å². The number of para-hydroxylation sites is 1. The molecule has 0 fully saturated rings. The second-order valence-corrected chi connectivity index (χ2v) is 4.69. The van der Waals surface area contributed by atoms with Gasteiger partial charge in [0.15, 0.2) is 0 Å². The number of carbonyl (C=O) groups excluding carboxylic acids is 1. The zero-order valence-electron chi connectivity index (χ0n) is 10.9. The third kappa shape index (κ3) is 2.10. The molecule has 21 heavy (non-hydrogen) atoms. The van der Waals surface area contributed by atoms with Gasteiger partial charge in [-0.2, -0.15) is 0 Å². The number of anilines is 2. The predicted octanol–water partition coefficient (Wildman–Crippen LogP) is 0.870. The van der Waals surface area contributed by atoms with E-state index in [2.05, 4.69) is 14.9 Å². The second-order valence-electron chi connectivity index (χ2n) is 4.69. The summed E-state index contributed by atoms with van der Waals surface area (Å²) in [6.45, 7) is 0.263. The van der Waals surface area contributed by atoms with Gasteiger partial charge in [0, 0.05) is 12.2 Å². The number of rotatable bonds is 2. The van der Waals surface area contributed by atoms with Crippen LogP contribution >= 0.6 is 0 Å². The largest absolute Gasteiger partial charge is 0.481 e. The maximum absolute atomic E-state index is 12.5. The fraction of sp³-hybridized carbons (Fsp3) is 0.231. The Bertz CT molecular complexity index is 712. The standard InChI is InChI=1S/C13H12N4O4/c14-11-10(15-21-16-11)12(18)17-6-5-8(13(19)20)7-3-1-2-4-9(7)17/h1-4,8H,5-6H2,(H2,14,16)(H,19,20). The molecule has 3 N–H and O–H groups in total. The van der Waals surface area contributed by atoms with Crippen LogP contribution in [0.1, 0.15) is 28.4 Å². The first kappa shape index (κ1) is 13.1. The van der Waals surface area contributed by atoms with Crippen LogP contribution in [0.3, 0.4) is 0 Å². The van der Waals surface area contributed by atoms with Crippen molar-refractivity contribution < 1.29 is 19.3 Å². The monoisotopic (exact) mass is 288 g/mol. The van der Waals surface area contributed by atoms with Gasteiger partial charge < -0.3 is 15.7 Å². The molecule has 1 aliphatic rings. The number of nitrogens with zero attached hydrogens (tertiary/aromatic N) is 3. The molecular formula is C13H12N4O4. The fourth-order valence-electron chi connectivity index (χ4n) is 2.50. The molecule has 0 saturated carbocycles. The summed E-state index contributed by atoms with van der Waals surface area (Å²) in [5.74, 6) is -2.07. The molecule has 1 atom stereocenters. The Hall–Kier alpha value is -2.90. The molecule has 3 rings (SSSR count). The van der Waals surface area contributed by atoms with Crippen molar-refractivity contribution in [3.05, 3.63) is 35.5 Å². The molecule has 0 saturated heterocycles. The molecule has 0 bridgehead atoms. The SMILES string of the molecule is Nc1nonc1C(=O)N1CCC(C(=O)O)c2ccccc21. The number of fused-ring (bicyclic) bond motifs is 1. The molecule has 2 aromatic rings. The van der Waals surface area contributed by atoms with Crippen LogP contribution in [-0.2, 0) is 4.79 Å². The van der Waals surface area contributed by atoms with E-state index in [1.54, 1.807) is 24.3 Å². The van der Waals surface area contributed by atoms with Gasteiger partial charge in [-0.1, -0.05) is 18.2 Å². The maximum atomic E-state index is 12.5. The normalized spacial score (nSPS) is 17.3. The number of hydrogen-bond donors (Lipinski definition) is 2. The van der Waals surface area contributed by atoms with Crippen LogP contribution in [0.4, 0.5) is 11.5 Å². The van der Waals surface area contributed by atoms with E-state index in [-0.39, 0.29) is 18.1 Å². The van der Waals surface area contributed by atoms with E-state index in [1.165, 1.54) is 4.90 Å². The van der Waals surface area contributed by atoms with E-state index in [0.717, 1.165) is 0 Å². The number of carbonyl (C=O) groups is 2. The Labute approximate surface area is 119 Å². The summed E-state index contributed by atoms with van der Waals surface area (Å²) >= 11 is 0. The maximum Gasteiger partial charge on any atom is 0.311 e. The van der Waals surface area contributed by atoms with Crippen molar-refractivity contribution >= 4 is 23.4 Å². The number of aromatic nitrogens is 2. The van der Waals surface area contributed by atoms with Crippen molar-refractivity contribution in [1.29, 1.82) is 0 Å². The molecule has 1 aromatic heterocycles. The Balaban J connectivity index is 2.02. The summed E-state index contributed by atoms with van der Waals surface area (Å²) in [6, 6.07) is 6.90. The lowest BCUT2D eigenvalue weighted by Gasteiger charge is -2.32. The van der Waals surface area contributed by atoms with E-state index >= 15 is 0 Å². The Morgan fingerprint density at radius 3 is 2.76 bits per heavy atom.